The van der Waals surface area contributed by atoms with Crippen LogP contribution in [0.1, 0.15) is 23.7 Å². The molecule has 4 aromatic rings. The van der Waals surface area contributed by atoms with Crippen LogP contribution in [0.25, 0.3) is 21.0 Å². The van der Waals surface area contributed by atoms with Crippen molar-refractivity contribution in [2.75, 3.05) is 50.9 Å². The number of aromatic nitrogens is 1. The number of benzene rings is 3. The van der Waals surface area contributed by atoms with Gasteiger partial charge < -0.3 is 9.47 Å². The Balaban J connectivity index is 1.46. The maximum absolute atomic E-state index is 13.9. The zero-order chi connectivity index (χ0) is 23.3. The fraction of sp³-hybridized carbons (Fsp3) is 0.333. The molecule has 0 bridgehead atoms. The predicted octanol–water partition coefficient (Wildman–Crippen LogP) is 5.22. The smallest absolute Gasteiger partial charge is 0.260 e. The van der Waals surface area contributed by atoms with Crippen LogP contribution >= 0.6 is 11.3 Å². The first-order valence-corrected chi connectivity index (χ1v) is 12.7. The molecule has 0 radical (unpaired) electrons. The summed E-state index contributed by atoms with van der Waals surface area (Å²) in [6, 6.07) is 19.9. The van der Waals surface area contributed by atoms with Crippen LogP contribution in [0.3, 0.4) is 0 Å². The normalized spacial score (nSPS) is 14.5. The monoisotopic (exact) mass is 475 g/mol. The maximum atomic E-state index is 13.9. The van der Waals surface area contributed by atoms with E-state index >= 15 is 0 Å². The molecule has 3 aromatic carbocycles. The predicted molar refractivity (Wildman–Crippen MR) is 138 cm³/mol. The van der Waals surface area contributed by atoms with Gasteiger partial charge in [0.1, 0.15) is 5.75 Å². The fourth-order valence-electron chi connectivity index (χ4n) is 4.38. The molecule has 0 spiro atoms. The number of hydrogen-bond acceptors (Lipinski definition) is 6. The average Bonchev–Trinajstić information content (AvgIpc) is 3.30. The van der Waals surface area contributed by atoms with E-state index < -0.39 is 0 Å². The van der Waals surface area contributed by atoms with Crippen molar-refractivity contribution in [3.8, 4) is 5.75 Å². The quantitative estimate of drug-likeness (QED) is 0.350. The minimum atomic E-state index is -0.0112. The molecule has 1 amide bonds. The van der Waals surface area contributed by atoms with Gasteiger partial charge >= 0.3 is 0 Å². The number of carbonyl (C=O) groups excluding carboxylic acids is 1. The number of morpholine rings is 1. The van der Waals surface area contributed by atoms with Crippen LogP contribution in [0.4, 0.5) is 5.13 Å². The Morgan fingerprint density at radius 3 is 2.79 bits per heavy atom. The topological polar surface area (TPSA) is 54.9 Å². The highest BCUT2D eigenvalue weighted by Crippen LogP contribution is 2.33. The van der Waals surface area contributed by atoms with E-state index in [0.717, 1.165) is 71.1 Å². The van der Waals surface area contributed by atoms with Crippen molar-refractivity contribution in [1.29, 1.82) is 0 Å². The van der Waals surface area contributed by atoms with Crippen LogP contribution in [-0.2, 0) is 4.74 Å². The molecule has 5 rings (SSSR count). The molecule has 6 nitrogen and oxygen atoms in total. The van der Waals surface area contributed by atoms with Gasteiger partial charge in [0, 0.05) is 31.7 Å². The maximum Gasteiger partial charge on any atom is 0.260 e. The van der Waals surface area contributed by atoms with Gasteiger partial charge in [-0.05, 0) is 48.4 Å². The molecule has 1 aromatic heterocycles. The zero-order valence-electron chi connectivity index (χ0n) is 19.4. The number of fused-ring (bicyclic) bond motifs is 2. The van der Waals surface area contributed by atoms with E-state index in [0.29, 0.717) is 18.7 Å². The molecule has 176 valence electrons. The van der Waals surface area contributed by atoms with Gasteiger partial charge in [-0.3, -0.25) is 14.6 Å². The first-order valence-electron chi connectivity index (χ1n) is 11.9. The van der Waals surface area contributed by atoms with Crippen LogP contribution < -0.4 is 9.64 Å². The molecular weight excluding hydrogens is 446 g/mol. The Morgan fingerprint density at radius 1 is 1.12 bits per heavy atom. The number of nitrogens with zero attached hydrogens (tertiary/aromatic N) is 3. The van der Waals surface area contributed by atoms with Crippen molar-refractivity contribution in [3.63, 3.8) is 0 Å². The van der Waals surface area contributed by atoms with Crippen molar-refractivity contribution in [1.82, 2.24) is 9.88 Å². The average molecular weight is 476 g/mol. The molecule has 1 aliphatic rings. The minimum absolute atomic E-state index is 0.0112. The number of rotatable bonds is 8. The van der Waals surface area contributed by atoms with Crippen molar-refractivity contribution in [2.45, 2.75) is 13.3 Å². The van der Waals surface area contributed by atoms with Crippen LogP contribution in [0.5, 0.6) is 5.75 Å². The second-order valence-electron chi connectivity index (χ2n) is 8.35. The number of anilines is 1. The Bertz CT molecular complexity index is 1280. The number of hydrogen-bond donors (Lipinski definition) is 0. The lowest BCUT2D eigenvalue weighted by Crippen LogP contribution is -2.39. The number of amides is 1. The SMILES string of the molecule is CCOc1ccc2nc(N(CCCN3CCOCC3)C(=O)c3cccc4ccccc34)sc2c1. The Morgan fingerprint density at radius 2 is 1.94 bits per heavy atom. The van der Waals surface area contributed by atoms with Crippen LogP contribution in [0.15, 0.2) is 60.7 Å². The molecule has 1 saturated heterocycles. The summed E-state index contributed by atoms with van der Waals surface area (Å²) in [5.74, 6) is 0.812. The summed E-state index contributed by atoms with van der Waals surface area (Å²) in [6.45, 7) is 7.57. The van der Waals surface area contributed by atoms with Gasteiger partial charge in [0.2, 0.25) is 0 Å². The second kappa shape index (κ2) is 10.5. The molecule has 0 N–H and O–H groups in total. The fourth-order valence-corrected chi connectivity index (χ4v) is 5.40. The van der Waals surface area contributed by atoms with Crippen molar-refractivity contribution in [2.24, 2.45) is 0 Å². The van der Waals surface area contributed by atoms with Gasteiger partial charge in [0.15, 0.2) is 5.13 Å². The van der Waals surface area contributed by atoms with E-state index in [-0.39, 0.29) is 5.91 Å². The Kier molecular flexibility index (Phi) is 7.04. The molecule has 2 heterocycles. The highest BCUT2D eigenvalue weighted by atomic mass is 32.1. The summed E-state index contributed by atoms with van der Waals surface area (Å²) in [5, 5.41) is 2.75. The molecule has 34 heavy (non-hydrogen) atoms. The van der Waals surface area contributed by atoms with E-state index in [2.05, 4.69) is 4.90 Å². The third kappa shape index (κ3) is 4.92. The van der Waals surface area contributed by atoms with E-state index in [1.807, 2.05) is 72.5 Å². The minimum Gasteiger partial charge on any atom is -0.494 e. The molecular formula is C27H29N3O3S. The summed E-state index contributed by atoms with van der Waals surface area (Å²) in [7, 11) is 0. The van der Waals surface area contributed by atoms with Crippen molar-refractivity contribution >= 4 is 43.4 Å². The van der Waals surface area contributed by atoms with Gasteiger partial charge in [-0.25, -0.2) is 4.98 Å². The summed E-state index contributed by atoms with van der Waals surface area (Å²) in [5.41, 5.74) is 1.59. The summed E-state index contributed by atoms with van der Waals surface area (Å²) >= 11 is 1.54. The van der Waals surface area contributed by atoms with Crippen molar-refractivity contribution < 1.29 is 14.3 Å². The third-order valence-corrected chi connectivity index (χ3v) is 7.16. The molecule has 0 aliphatic carbocycles. The Labute approximate surface area is 203 Å². The van der Waals surface area contributed by atoms with Gasteiger partial charge in [0.05, 0.1) is 30.0 Å². The largest absolute Gasteiger partial charge is 0.494 e. The van der Waals surface area contributed by atoms with E-state index in [1.165, 1.54) is 0 Å². The molecule has 0 unspecified atom stereocenters. The van der Waals surface area contributed by atoms with Crippen molar-refractivity contribution in [3.05, 3.63) is 66.2 Å². The highest BCUT2D eigenvalue weighted by Gasteiger charge is 2.23. The van der Waals surface area contributed by atoms with Crippen LogP contribution in [-0.4, -0.2) is 61.8 Å². The standard InChI is InChI=1S/C27H29N3O3S/c1-2-33-21-11-12-24-25(19-21)34-27(28-24)30(14-6-13-29-15-17-32-18-16-29)26(31)23-10-5-8-20-7-3-4-9-22(20)23/h3-5,7-12,19H,2,6,13-18H2,1H3. The lowest BCUT2D eigenvalue weighted by atomic mass is 10.0. The van der Waals surface area contributed by atoms with Gasteiger partial charge in [-0.1, -0.05) is 47.7 Å². The van der Waals surface area contributed by atoms with E-state index in [4.69, 9.17) is 14.5 Å². The molecule has 0 atom stereocenters. The molecule has 1 aliphatic heterocycles. The van der Waals surface area contributed by atoms with Gasteiger partial charge in [0.25, 0.3) is 5.91 Å². The van der Waals surface area contributed by atoms with E-state index in [9.17, 15) is 4.79 Å². The lowest BCUT2D eigenvalue weighted by molar-refractivity contribution is 0.0376. The second-order valence-corrected chi connectivity index (χ2v) is 9.36. The van der Waals surface area contributed by atoms with Crippen LogP contribution in [0.2, 0.25) is 0 Å². The first kappa shape index (κ1) is 22.8. The van der Waals surface area contributed by atoms with Gasteiger partial charge in [-0.15, -0.1) is 0 Å². The molecule has 0 saturated carbocycles. The Hall–Kier alpha value is -3.00. The number of carbonyl (C=O) groups is 1. The summed E-state index contributed by atoms with van der Waals surface area (Å²) in [4.78, 5) is 23.0. The highest BCUT2D eigenvalue weighted by molar-refractivity contribution is 7.22. The van der Waals surface area contributed by atoms with Gasteiger partial charge in [-0.2, -0.15) is 0 Å². The van der Waals surface area contributed by atoms with E-state index in [1.54, 1.807) is 11.3 Å². The summed E-state index contributed by atoms with van der Waals surface area (Å²) < 4.78 is 12.2. The number of thiazole rings is 1. The first-order chi connectivity index (χ1) is 16.7. The lowest BCUT2D eigenvalue weighted by Gasteiger charge is -2.28. The summed E-state index contributed by atoms with van der Waals surface area (Å²) in [6.07, 6.45) is 0.872. The zero-order valence-corrected chi connectivity index (χ0v) is 20.2. The molecule has 7 heteroatoms. The van der Waals surface area contributed by atoms with Crippen LogP contribution in [0, 0.1) is 0 Å². The third-order valence-electron chi connectivity index (χ3n) is 6.12. The molecule has 1 fully saturated rings. The number of ether oxygens (including phenoxy) is 2.